The average molecular weight is 474 g/mol. The van der Waals surface area contributed by atoms with Gasteiger partial charge in [-0.1, -0.05) is 5.18 Å². The van der Waals surface area contributed by atoms with Gasteiger partial charge >= 0.3 is 0 Å². The molecule has 1 aromatic rings. The molecular weight excluding hydrogens is 448 g/mol. The lowest BCUT2D eigenvalue weighted by atomic mass is 10.0. The number of amides is 4. The summed E-state index contributed by atoms with van der Waals surface area (Å²) in [5.74, 6) is -2.07. The second-order valence-electron chi connectivity index (χ2n) is 8.15. The number of nitrogens with zero attached hydrogens (tertiary/aromatic N) is 3. The van der Waals surface area contributed by atoms with Crippen LogP contribution in [0.25, 0.3) is 0 Å². The van der Waals surface area contributed by atoms with Gasteiger partial charge in [0.2, 0.25) is 11.8 Å². The number of fused-ring (bicyclic) bond motifs is 1. The molecule has 0 spiro atoms. The Labute approximate surface area is 195 Å². The highest BCUT2D eigenvalue weighted by Gasteiger charge is 2.45. The molecule has 0 radical (unpaired) electrons. The number of ether oxygens (including phenoxy) is 3. The summed E-state index contributed by atoms with van der Waals surface area (Å²) in [6, 6.07) is 4.07. The summed E-state index contributed by atoms with van der Waals surface area (Å²) in [6.45, 7) is 3.37. The van der Waals surface area contributed by atoms with Crippen LogP contribution in [0.4, 0.5) is 5.69 Å². The minimum Gasteiger partial charge on any atom is -0.377 e. The van der Waals surface area contributed by atoms with E-state index in [9.17, 15) is 24.1 Å². The van der Waals surface area contributed by atoms with E-state index in [-0.39, 0.29) is 36.6 Å². The smallest absolute Gasteiger partial charge is 0.262 e. The summed E-state index contributed by atoms with van der Waals surface area (Å²) in [5, 5.41) is 4.89. The summed E-state index contributed by atoms with van der Waals surface area (Å²) in [4.78, 5) is 62.2. The Bertz CT molecular complexity index is 978. The van der Waals surface area contributed by atoms with Crippen molar-refractivity contribution in [1.82, 2.24) is 10.2 Å². The first-order valence-corrected chi connectivity index (χ1v) is 11.2. The summed E-state index contributed by atoms with van der Waals surface area (Å²) < 4.78 is 16.3. The van der Waals surface area contributed by atoms with E-state index in [2.05, 4.69) is 10.5 Å². The van der Waals surface area contributed by atoms with Crippen LogP contribution in [0.2, 0.25) is 0 Å². The van der Waals surface area contributed by atoms with Gasteiger partial charge in [0.05, 0.1) is 50.3 Å². The molecule has 1 aromatic carbocycles. The van der Waals surface area contributed by atoms with Gasteiger partial charge < -0.3 is 19.1 Å². The van der Waals surface area contributed by atoms with Crippen molar-refractivity contribution >= 4 is 29.3 Å². The van der Waals surface area contributed by atoms with E-state index in [1.54, 1.807) is 18.2 Å². The van der Waals surface area contributed by atoms with E-state index in [1.165, 1.54) is 0 Å². The first-order valence-electron chi connectivity index (χ1n) is 11.2. The maximum Gasteiger partial charge on any atom is 0.262 e. The molecule has 0 aromatic heterocycles. The van der Waals surface area contributed by atoms with Crippen molar-refractivity contribution in [2.45, 2.75) is 25.0 Å². The van der Waals surface area contributed by atoms with Gasteiger partial charge in [0, 0.05) is 25.2 Å². The highest BCUT2D eigenvalue weighted by atomic mass is 16.5. The number of piperidine rings is 1. The molecule has 182 valence electrons. The lowest BCUT2D eigenvalue weighted by Crippen LogP contribution is -2.54. The zero-order chi connectivity index (χ0) is 24.1. The molecule has 34 heavy (non-hydrogen) atoms. The van der Waals surface area contributed by atoms with Crippen LogP contribution < -0.4 is 10.2 Å². The van der Waals surface area contributed by atoms with E-state index in [4.69, 9.17) is 14.2 Å². The quantitative estimate of drug-likeness (QED) is 0.253. The summed E-state index contributed by atoms with van der Waals surface area (Å²) in [5.41, 5.74) is 1.31. The molecule has 1 unspecified atom stereocenters. The van der Waals surface area contributed by atoms with Crippen molar-refractivity contribution in [3.05, 3.63) is 34.2 Å². The maximum absolute atomic E-state index is 12.9. The number of nitroso groups, excluding NO2 is 1. The van der Waals surface area contributed by atoms with Gasteiger partial charge in [-0.15, -0.1) is 0 Å². The van der Waals surface area contributed by atoms with Crippen LogP contribution in [0.1, 0.15) is 33.6 Å². The lowest BCUT2D eigenvalue weighted by Gasteiger charge is -2.40. The second-order valence-corrected chi connectivity index (χ2v) is 8.15. The fourth-order valence-electron chi connectivity index (χ4n) is 4.11. The van der Waals surface area contributed by atoms with Crippen LogP contribution in [0.5, 0.6) is 0 Å². The summed E-state index contributed by atoms with van der Waals surface area (Å²) >= 11 is 0. The minimum absolute atomic E-state index is 0.0315. The van der Waals surface area contributed by atoms with Gasteiger partial charge in [-0.3, -0.25) is 29.4 Å². The highest BCUT2D eigenvalue weighted by molar-refractivity contribution is 6.23. The summed E-state index contributed by atoms with van der Waals surface area (Å²) in [6.07, 6.45) is 0.245. The van der Waals surface area contributed by atoms with E-state index in [0.717, 1.165) is 10.6 Å². The molecular formula is C22H26N4O8. The average Bonchev–Trinajstić information content (AvgIpc) is 3.03. The Hall–Kier alpha value is -3.22. The molecule has 3 aliphatic heterocycles. The van der Waals surface area contributed by atoms with Crippen LogP contribution in [0, 0.1) is 4.91 Å². The van der Waals surface area contributed by atoms with Crippen LogP contribution in [-0.2, 0) is 23.8 Å². The monoisotopic (exact) mass is 474 g/mol. The molecule has 4 amide bonds. The van der Waals surface area contributed by atoms with Crippen molar-refractivity contribution in [2.24, 2.45) is 5.18 Å². The molecule has 3 heterocycles. The second kappa shape index (κ2) is 10.8. The number of nitrogens with one attached hydrogen (secondary N) is 1. The van der Waals surface area contributed by atoms with Crippen molar-refractivity contribution in [1.29, 1.82) is 0 Å². The van der Waals surface area contributed by atoms with Crippen LogP contribution >= 0.6 is 0 Å². The van der Waals surface area contributed by atoms with Gasteiger partial charge in [0.1, 0.15) is 12.6 Å². The molecule has 1 N–H and O–H groups in total. The fourth-order valence-corrected chi connectivity index (χ4v) is 4.11. The van der Waals surface area contributed by atoms with E-state index >= 15 is 0 Å². The van der Waals surface area contributed by atoms with E-state index in [0.29, 0.717) is 46.1 Å². The SMILES string of the molecule is O=NCCOCCOCCOC1CN(c2ccc3c(c2)C(=O)N(C2CCC(=O)NC2=O)C3=O)C1. The van der Waals surface area contributed by atoms with Crippen LogP contribution in [-0.4, -0.2) is 93.3 Å². The predicted molar refractivity (Wildman–Crippen MR) is 117 cm³/mol. The molecule has 2 fully saturated rings. The highest BCUT2D eigenvalue weighted by Crippen LogP contribution is 2.32. The van der Waals surface area contributed by atoms with Gasteiger partial charge in [-0.2, -0.15) is 4.91 Å². The zero-order valence-corrected chi connectivity index (χ0v) is 18.6. The first-order chi connectivity index (χ1) is 16.5. The standard InChI is InChI=1S/C22H26N4O8/c27-19-4-3-18(20(28)24-19)26-21(29)16-2-1-14(11-17(16)22(26)30)25-12-15(13-25)34-10-9-33-8-7-32-6-5-23-31/h1-2,11,15,18H,3-10,12-13H2,(H,24,27,28). The van der Waals surface area contributed by atoms with Gasteiger partial charge in [0.25, 0.3) is 11.8 Å². The maximum atomic E-state index is 12.9. The number of rotatable bonds is 12. The largest absolute Gasteiger partial charge is 0.377 e. The van der Waals surface area contributed by atoms with Gasteiger partial charge in [-0.05, 0) is 24.6 Å². The third-order valence-corrected chi connectivity index (χ3v) is 5.92. The zero-order valence-electron chi connectivity index (χ0n) is 18.6. The molecule has 1 atom stereocenters. The van der Waals surface area contributed by atoms with E-state index < -0.39 is 29.7 Å². The number of anilines is 1. The number of benzene rings is 1. The van der Waals surface area contributed by atoms with Crippen molar-refractivity contribution in [2.75, 3.05) is 57.6 Å². The third kappa shape index (κ3) is 5.13. The Kier molecular flexibility index (Phi) is 7.60. The molecule has 12 nitrogen and oxygen atoms in total. The topological polar surface area (TPSA) is 144 Å². The van der Waals surface area contributed by atoms with Gasteiger partial charge in [0.15, 0.2) is 0 Å². The number of hydrogen-bond donors (Lipinski definition) is 1. The Balaban J connectivity index is 1.22. The molecule has 4 rings (SSSR count). The number of carbonyl (C=O) groups excluding carboxylic acids is 4. The third-order valence-electron chi connectivity index (χ3n) is 5.92. The van der Waals surface area contributed by atoms with Crippen LogP contribution in [0.15, 0.2) is 23.4 Å². The van der Waals surface area contributed by atoms with Crippen molar-refractivity contribution in [3.8, 4) is 0 Å². The Morgan fingerprint density at radius 2 is 1.65 bits per heavy atom. The molecule has 0 bridgehead atoms. The van der Waals surface area contributed by atoms with Gasteiger partial charge in [-0.25, -0.2) is 0 Å². The summed E-state index contributed by atoms with van der Waals surface area (Å²) in [7, 11) is 0. The molecule has 0 saturated carbocycles. The number of carbonyl (C=O) groups is 4. The van der Waals surface area contributed by atoms with Crippen molar-refractivity contribution < 1.29 is 33.4 Å². The molecule has 0 aliphatic carbocycles. The fraction of sp³-hybridized carbons (Fsp3) is 0.545. The first kappa shape index (κ1) is 23.9. The Morgan fingerprint density at radius 3 is 2.38 bits per heavy atom. The van der Waals surface area contributed by atoms with E-state index in [1.807, 2.05) is 4.90 Å². The minimum atomic E-state index is -0.975. The number of hydrogen-bond acceptors (Lipinski definition) is 10. The normalized spacial score (nSPS) is 20.4. The molecule has 3 aliphatic rings. The predicted octanol–water partition coefficient (Wildman–Crippen LogP) is 0.0926. The lowest BCUT2D eigenvalue weighted by molar-refractivity contribution is -0.136. The Morgan fingerprint density at radius 1 is 0.941 bits per heavy atom. The van der Waals surface area contributed by atoms with Crippen LogP contribution in [0.3, 0.4) is 0 Å². The molecule has 2 saturated heterocycles. The number of imide groups is 2. The van der Waals surface area contributed by atoms with Crippen molar-refractivity contribution in [3.63, 3.8) is 0 Å². The molecule has 12 heteroatoms.